The van der Waals surface area contributed by atoms with E-state index in [4.69, 9.17) is 9.47 Å². The molecular weight excluding hydrogens is 480 g/mol. The van der Waals surface area contributed by atoms with E-state index >= 15 is 0 Å². The number of hydrogen-bond donors (Lipinski definition) is 1. The van der Waals surface area contributed by atoms with E-state index in [9.17, 15) is 14.4 Å². The van der Waals surface area contributed by atoms with Crippen molar-refractivity contribution < 1.29 is 23.9 Å². The number of para-hydroxylation sites is 3. The Morgan fingerprint density at radius 1 is 0.947 bits per heavy atom. The topological polar surface area (TPSA) is 84.9 Å². The van der Waals surface area contributed by atoms with Crippen molar-refractivity contribution >= 4 is 34.9 Å². The SMILES string of the molecule is CC(C)(C)OC(=O)N1C(=O)C2(c3ccccc31)C(C(=O)Oc1ccccc1)CC=C1c3ccccc3NC12. The van der Waals surface area contributed by atoms with Gasteiger partial charge >= 0.3 is 12.1 Å². The zero-order chi connectivity index (χ0) is 26.7. The Hall–Kier alpha value is -4.39. The molecule has 7 nitrogen and oxygen atoms in total. The Bertz CT molecular complexity index is 1490. The number of nitrogens with one attached hydrogen (secondary N) is 1. The lowest BCUT2D eigenvalue weighted by Gasteiger charge is -2.43. The average molecular weight is 509 g/mol. The molecule has 3 unspecified atom stereocenters. The molecule has 3 atom stereocenters. The zero-order valence-corrected chi connectivity index (χ0v) is 21.4. The van der Waals surface area contributed by atoms with Crippen LogP contribution in [-0.2, 0) is 19.7 Å². The summed E-state index contributed by atoms with van der Waals surface area (Å²) in [5, 5.41) is 3.52. The molecule has 3 aromatic rings. The van der Waals surface area contributed by atoms with E-state index in [0.717, 1.165) is 21.7 Å². The standard InChI is InChI=1S/C31H28N2O5/c1-30(2,3)38-29(36)33-25-16-10-8-14-22(25)31(28(33)35)23(27(34)37-19-11-5-4-6-12-19)18-17-21-20-13-7-9-15-24(20)32-26(21)31/h4-17,23,26,32H,18H2,1-3H3. The minimum absolute atomic E-state index is 0.274. The zero-order valence-electron chi connectivity index (χ0n) is 21.4. The first-order valence-electron chi connectivity index (χ1n) is 12.7. The number of benzene rings is 3. The fourth-order valence-corrected chi connectivity index (χ4v) is 5.96. The molecule has 0 saturated heterocycles. The van der Waals surface area contributed by atoms with Crippen LogP contribution in [-0.4, -0.2) is 29.6 Å². The van der Waals surface area contributed by atoms with Crippen LogP contribution in [0.2, 0.25) is 0 Å². The largest absolute Gasteiger partial charge is 0.443 e. The van der Waals surface area contributed by atoms with E-state index in [0.29, 0.717) is 17.0 Å². The third-order valence-electron chi connectivity index (χ3n) is 7.40. The summed E-state index contributed by atoms with van der Waals surface area (Å²) >= 11 is 0. The molecule has 6 rings (SSSR count). The van der Waals surface area contributed by atoms with Crippen molar-refractivity contribution in [3.05, 3.63) is 96.1 Å². The van der Waals surface area contributed by atoms with Gasteiger partial charge in [0.2, 0.25) is 0 Å². The molecular formula is C31H28N2O5. The summed E-state index contributed by atoms with van der Waals surface area (Å²) in [7, 11) is 0. The van der Waals surface area contributed by atoms with Crippen LogP contribution in [0.3, 0.4) is 0 Å². The van der Waals surface area contributed by atoms with E-state index in [-0.39, 0.29) is 6.42 Å². The number of allylic oxidation sites excluding steroid dienone is 1. The lowest BCUT2D eigenvalue weighted by Crippen LogP contribution is -2.60. The number of carbonyl (C=O) groups excluding carboxylic acids is 3. The average Bonchev–Trinajstić information content (AvgIpc) is 3.38. The van der Waals surface area contributed by atoms with Crippen LogP contribution in [0.1, 0.15) is 38.3 Å². The Morgan fingerprint density at radius 3 is 2.39 bits per heavy atom. The summed E-state index contributed by atoms with van der Waals surface area (Å²) < 4.78 is 11.5. The number of anilines is 2. The Kier molecular flexibility index (Phi) is 5.42. The predicted octanol–water partition coefficient (Wildman–Crippen LogP) is 5.71. The van der Waals surface area contributed by atoms with Gasteiger partial charge in [-0.1, -0.05) is 60.7 Å². The third-order valence-corrected chi connectivity index (χ3v) is 7.40. The van der Waals surface area contributed by atoms with Gasteiger partial charge in [-0.2, -0.15) is 0 Å². The van der Waals surface area contributed by atoms with Gasteiger partial charge < -0.3 is 14.8 Å². The fraction of sp³-hybridized carbons (Fsp3) is 0.258. The predicted molar refractivity (Wildman–Crippen MR) is 144 cm³/mol. The van der Waals surface area contributed by atoms with Gasteiger partial charge in [0.25, 0.3) is 5.91 Å². The number of rotatable bonds is 2. The van der Waals surface area contributed by atoms with Crippen molar-refractivity contribution in [3.8, 4) is 5.75 Å². The molecule has 1 spiro atoms. The lowest BCUT2D eigenvalue weighted by molar-refractivity contribution is -0.145. The molecule has 2 heterocycles. The van der Waals surface area contributed by atoms with Gasteiger partial charge in [-0.05, 0) is 62.6 Å². The highest BCUT2D eigenvalue weighted by Crippen LogP contribution is 2.58. The first-order valence-corrected chi connectivity index (χ1v) is 12.7. The van der Waals surface area contributed by atoms with Crippen molar-refractivity contribution in [1.82, 2.24) is 0 Å². The number of esters is 1. The maximum absolute atomic E-state index is 14.7. The lowest BCUT2D eigenvalue weighted by atomic mass is 9.60. The number of imide groups is 1. The van der Waals surface area contributed by atoms with Crippen LogP contribution in [0.25, 0.3) is 5.57 Å². The number of hydrogen-bond acceptors (Lipinski definition) is 6. The van der Waals surface area contributed by atoms with Gasteiger partial charge in [0, 0.05) is 11.3 Å². The molecule has 3 aliphatic rings. The number of fused-ring (bicyclic) bond motifs is 6. The van der Waals surface area contributed by atoms with E-state index < -0.39 is 40.9 Å². The van der Waals surface area contributed by atoms with Crippen LogP contribution in [0, 0.1) is 5.92 Å². The smallest absolute Gasteiger partial charge is 0.421 e. The fourth-order valence-electron chi connectivity index (χ4n) is 5.96. The molecule has 1 aliphatic carbocycles. The minimum Gasteiger partial charge on any atom is -0.443 e. The quantitative estimate of drug-likeness (QED) is 0.353. The van der Waals surface area contributed by atoms with Gasteiger partial charge in [-0.25, -0.2) is 9.69 Å². The first-order chi connectivity index (χ1) is 18.2. The van der Waals surface area contributed by atoms with E-state index in [2.05, 4.69) is 5.32 Å². The summed E-state index contributed by atoms with van der Waals surface area (Å²) in [6.45, 7) is 5.26. The molecule has 0 saturated carbocycles. The van der Waals surface area contributed by atoms with Gasteiger partial charge in [0.15, 0.2) is 0 Å². The summed E-state index contributed by atoms with van der Waals surface area (Å²) in [5.41, 5.74) is 1.56. The van der Waals surface area contributed by atoms with Crippen molar-refractivity contribution in [2.75, 3.05) is 10.2 Å². The highest BCUT2D eigenvalue weighted by atomic mass is 16.6. The second kappa shape index (κ2) is 8.58. The van der Waals surface area contributed by atoms with Gasteiger partial charge in [0.05, 0.1) is 17.6 Å². The summed E-state index contributed by atoms with van der Waals surface area (Å²) in [6.07, 6.45) is 1.52. The third kappa shape index (κ3) is 3.53. The molecule has 1 N–H and O–H groups in total. The molecule has 192 valence electrons. The molecule has 2 aliphatic heterocycles. The Labute approximate surface area is 221 Å². The van der Waals surface area contributed by atoms with E-state index in [1.807, 2.05) is 48.5 Å². The maximum atomic E-state index is 14.7. The maximum Gasteiger partial charge on any atom is 0.421 e. The van der Waals surface area contributed by atoms with Crippen LogP contribution in [0.15, 0.2) is 84.9 Å². The molecule has 2 amide bonds. The molecule has 38 heavy (non-hydrogen) atoms. The van der Waals surface area contributed by atoms with Crippen LogP contribution in [0.5, 0.6) is 5.75 Å². The van der Waals surface area contributed by atoms with Gasteiger partial charge in [0.1, 0.15) is 16.8 Å². The van der Waals surface area contributed by atoms with Gasteiger partial charge in [-0.15, -0.1) is 0 Å². The normalized spacial score (nSPS) is 23.2. The van der Waals surface area contributed by atoms with Gasteiger partial charge in [-0.3, -0.25) is 9.59 Å². The Balaban J connectivity index is 1.53. The first kappa shape index (κ1) is 24.0. The number of ether oxygens (including phenoxy) is 2. The summed E-state index contributed by atoms with van der Waals surface area (Å²) in [4.78, 5) is 43.1. The second-order valence-corrected chi connectivity index (χ2v) is 10.8. The highest BCUT2D eigenvalue weighted by molar-refractivity contribution is 6.24. The van der Waals surface area contributed by atoms with Crippen molar-refractivity contribution in [3.63, 3.8) is 0 Å². The summed E-state index contributed by atoms with van der Waals surface area (Å²) in [5.74, 6) is -1.52. The number of amides is 2. The van der Waals surface area contributed by atoms with Crippen LogP contribution < -0.4 is 15.0 Å². The molecule has 0 aromatic heterocycles. The van der Waals surface area contributed by atoms with Crippen molar-refractivity contribution in [2.45, 2.75) is 44.2 Å². The van der Waals surface area contributed by atoms with Crippen molar-refractivity contribution in [1.29, 1.82) is 0 Å². The molecule has 0 radical (unpaired) electrons. The Morgan fingerprint density at radius 2 is 1.63 bits per heavy atom. The van der Waals surface area contributed by atoms with Crippen LogP contribution >= 0.6 is 0 Å². The van der Waals surface area contributed by atoms with E-state index in [1.54, 1.807) is 57.2 Å². The molecule has 0 bridgehead atoms. The summed E-state index contributed by atoms with van der Waals surface area (Å²) in [6, 6.07) is 23.2. The van der Waals surface area contributed by atoms with Crippen molar-refractivity contribution in [2.24, 2.45) is 5.92 Å². The number of carbonyl (C=O) groups is 3. The minimum atomic E-state index is -1.43. The molecule has 0 fully saturated rings. The number of nitrogens with zero attached hydrogens (tertiary/aromatic N) is 1. The monoisotopic (exact) mass is 508 g/mol. The molecule has 7 heteroatoms. The molecule has 3 aromatic carbocycles. The second-order valence-electron chi connectivity index (χ2n) is 10.8. The highest BCUT2D eigenvalue weighted by Gasteiger charge is 2.66. The van der Waals surface area contributed by atoms with E-state index in [1.165, 1.54) is 0 Å². The van der Waals surface area contributed by atoms with Crippen LogP contribution in [0.4, 0.5) is 16.2 Å².